The highest BCUT2D eigenvalue weighted by atomic mass is 32.2. The van der Waals surface area contributed by atoms with Crippen molar-refractivity contribution in [2.75, 3.05) is 16.2 Å². The number of anilines is 2. The first-order valence-corrected chi connectivity index (χ1v) is 11.0. The molecule has 1 aliphatic heterocycles. The van der Waals surface area contributed by atoms with Crippen molar-refractivity contribution >= 4 is 27.3 Å². The highest BCUT2D eigenvalue weighted by Crippen LogP contribution is 2.42. The quantitative estimate of drug-likeness (QED) is 0.828. The number of amides is 1. The second-order valence-corrected chi connectivity index (χ2v) is 10.2. The summed E-state index contributed by atoms with van der Waals surface area (Å²) in [4.78, 5) is 14.6. The monoisotopic (exact) mass is 400 g/mol. The van der Waals surface area contributed by atoms with Crippen molar-refractivity contribution in [2.24, 2.45) is 5.92 Å². The summed E-state index contributed by atoms with van der Waals surface area (Å²) in [6.45, 7) is 12.2. The van der Waals surface area contributed by atoms with Crippen molar-refractivity contribution in [3.8, 4) is 0 Å². The molecule has 0 fully saturated rings. The Labute approximate surface area is 167 Å². The van der Waals surface area contributed by atoms with Crippen LogP contribution in [-0.2, 0) is 20.2 Å². The molecule has 0 saturated heterocycles. The second-order valence-electron chi connectivity index (χ2n) is 8.57. The van der Waals surface area contributed by atoms with E-state index in [9.17, 15) is 13.2 Å². The van der Waals surface area contributed by atoms with Crippen LogP contribution in [0, 0.1) is 19.8 Å². The molecule has 0 spiro atoms. The molecule has 2 aromatic carbocycles. The van der Waals surface area contributed by atoms with E-state index in [1.54, 1.807) is 23.1 Å². The van der Waals surface area contributed by atoms with Crippen LogP contribution in [0.25, 0.3) is 0 Å². The van der Waals surface area contributed by atoms with E-state index in [1.807, 2.05) is 59.7 Å². The van der Waals surface area contributed by atoms with E-state index in [0.717, 1.165) is 22.4 Å². The smallest absolute Gasteiger partial charge is 0.261 e. The van der Waals surface area contributed by atoms with Crippen molar-refractivity contribution in [1.29, 1.82) is 0 Å². The number of benzene rings is 2. The number of aryl methyl sites for hydroxylation is 2. The van der Waals surface area contributed by atoms with Gasteiger partial charge in [-0.1, -0.05) is 39.8 Å². The topological polar surface area (TPSA) is 66.5 Å². The molecular formula is C22H28N2O3S. The van der Waals surface area contributed by atoms with Crippen LogP contribution < -0.4 is 9.62 Å². The summed E-state index contributed by atoms with van der Waals surface area (Å²) in [7, 11) is -3.73. The zero-order chi connectivity index (χ0) is 20.9. The summed E-state index contributed by atoms with van der Waals surface area (Å²) in [5.74, 6) is -0.0629. The third-order valence-corrected chi connectivity index (χ3v) is 6.61. The maximum Gasteiger partial charge on any atom is 0.261 e. The molecule has 1 amide bonds. The van der Waals surface area contributed by atoms with Gasteiger partial charge < -0.3 is 4.90 Å². The van der Waals surface area contributed by atoms with E-state index in [4.69, 9.17) is 0 Å². The van der Waals surface area contributed by atoms with Gasteiger partial charge in [0.05, 0.1) is 10.6 Å². The SMILES string of the molecule is Cc1ccc(C)c(NS(=O)(=O)c2ccc3c(c2)C(C)(C)CN3C(=O)C(C)C)c1. The Balaban J connectivity index is 2.01. The molecule has 150 valence electrons. The van der Waals surface area contributed by atoms with Gasteiger partial charge in [0.25, 0.3) is 10.0 Å². The van der Waals surface area contributed by atoms with Crippen molar-refractivity contribution in [2.45, 2.75) is 51.9 Å². The molecule has 0 atom stereocenters. The highest BCUT2D eigenvalue weighted by Gasteiger charge is 2.39. The first-order valence-electron chi connectivity index (χ1n) is 9.48. The zero-order valence-electron chi connectivity index (χ0n) is 17.3. The van der Waals surface area contributed by atoms with Crippen LogP contribution in [0.1, 0.15) is 44.4 Å². The van der Waals surface area contributed by atoms with Gasteiger partial charge in [0.2, 0.25) is 5.91 Å². The van der Waals surface area contributed by atoms with Crippen molar-refractivity contribution in [3.05, 3.63) is 53.1 Å². The third kappa shape index (κ3) is 3.65. The number of fused-ring (bicyclic) bond motifs is 1. The largest absolute Gasteiger partial charge is 0.311 e. The minimum Gasteiger partial charge on any atom is -0.311 e. The lowest BCUT2D eigenvalue weighted by atomic mass is 9.87. The van der Waals surface area contributed by atoms with Gasteiger partial charge in [-0.15, -0.1) is 0 Å². The lowest BCUT2D eigenvalue weighted by molar-refractivity contribution is -0.121. The number of rotatable bonds is 4. The number of nitrogens with zero attached hydrogens (tertiary/aromatic N) is 1. The van der Waals surface area contributed by atoms with Crippen LogP contribution >= 0.6 is 0 Å². The van der Waals surface area contributed by atoms with Crippen molar-refractivity contribution in [1.82, 2.24) is 0 Å². The molecule has 1 heterocycles. The van der Waals surface area contributed by atoms with Gasteiger partial charge in [0.1, 0.15) is 0 Å². The van der Waals surface area contributed by atoms with Gasteiger partial charge >= 0.3 is 0 Å². The summed E-state index contributed by atoms with van der Waals surface area (Å²) in [5, 5.41) is 0. The fraction of sp³-hybridized carbons (Fsp3) is 0.409. The predicted molar refractivity (Wildman–Crippen MR) is 113 cm³/mol. The molecule has 0 aromatic heterocycles. The molecule has 0 bridgehead atoms. The van der Waals surface area contributed by atoms with Gasteiger partial charge in [-0.25, -0.2) is 8.42 Å². The Morgan fingerprint density at radius 1 is 1.11 bits per heavy atom. The molecular weight excluding hydrogens is 372 g/mol. The third-order valence-electron chi connectivity index (χ3n) is 5.25. The fourth-order valence-electron chi connectivity index (χ4n) is 3.58. The number of sulfonamides is 1. The molecule has 5 nitrogen and oxygen atoms in total. The highest BCUT2D eigenvalue weighted by molar-refractivity contribution is 7.92. The Kier molecular flexibility index (Phi) is 5.04. The van der Waals surface area contributed by atoms with E-state index in [0.29, 0.717) is 12.2 Å². The molecule has 28 heavy (non-hydrogen) atoms. The van der Waals surface area contributed by atoms with E-state index in [1.165, 1.54) is 0 Å². The number of hydrogen-bond acceptors (Lipinski definition) is 3. The molecule has 0 aliphatic carbocycles. The van der Waals surface area contributed by atoms with Crippen molar-refractivity contribution in [3.63, 3.8) is 0 Å². The Morgan fingerprint density at radius 3 is 2.43 bits per heavy atom. The van der Waals surface area contributed by atoms with Gasteiger partial charge in [-0.2, -0.15) is 0 Å². The van der Waals surface area contributed by atoms with E-state index in [2.05, 4.69) is 4.72 Å². The average Bonchev–Trinajstić information content (AvgIpc) is 2.88. The van der Waals surface area contributed by atoms with Gasteiger partial charge in [0, 0.05) is 23.6 Å². The molecule has 0 saturated carbocycles. The summed E-state index contributed by atoms with van der Waals surface area (Å²) in [6, 6.07) is 10.7. The van der Waals surface area contributed by atoms with Gasteiger partial charge in [0.15, 0.2) is 0 Å². The van der Waals surface area contributed by atoms with E-state index >= 15 is 0 Å². The van der Waals surface area contributed by atoms with E-state index in [-0.39, 0.29) is 22.1 Å². The lowest BCUT2D eigenvalue weighted by Crippen LogP contribution is -2.36. The molecule has 1 aliphatic rings. The van der Waals surface area contributed by atoms with Crippen LogP contribution in [0.5, 0.6) is 0 Å². The number of carbonyl (C=O) groups is 1. The first kappa shape index (κ1) is 20.4. The number of hydrogen-bond donors (Lipinski definition) is 1. The Hall–Kier alpha value is -2.34. The van der Waals surface area contributed by atoms with Crippen LogP contribution in [0.2, 0.25) is 0 Å². The Morgan fingerprint density at radius 2 is 1.79 bits per heavy atom. The lowest BCUT2D eigenvalue weighted by Gasteiger charge is -2.22. The summed E-state index contributed by atoms with van der Waals surface area (Å²) < 4.78 is 28.7. The maximum atomic E-state index is 13.0. The molecule has 3 rings (SSSR count). The molecule has 0 radical (unpaired) electrons. The molecule has 0 unspecified atom stereocenters. The predicted octanol–water partition coefficient (Wildman–Crippen LogP) is 4.38. The zero-order valence-corrected chi connectivity index (χ0v) is 18.1. The fourth-order valence-corrected chi connectivity index (χ4v) is 4.73. The van der Waals surface area contributed by atoms with Gasteiger partial charge in [-0.3, -0.25) is 9.52 Å². The normalized spacial score (nSPS) is 15.6. The van der Waals surface area contributed by atoms with Crippen LogP contribution in [0.15, 0.2) is 41.3 Å². The Bertz CT molecular complexity index is 1040. The van der Waals surface area contributed by atoms with Crippen LogP contribution in [0.3, 0.4) is 0 Å². The number of carbonyl (C=O) groups excluding carboxylic acids is 1. The minimum atomic E-state index is -3.73. The number of nitrogens with one attached hydrogen (secondary N) is 1. The minimum absolute atomic E-state index is 0.0518. The van der Waals surface area contributed by atoms with Crippen LogP contribution in [0.4, 0.5) is 11.4 Å². The molecule has 2 aromatic rings. The van der Waals surface area contributed by atoms with Crippen molar-refractivity contribution < 1.29 is 13.2 Å². The summed E-state index contributed by atoms with van der Waals surface area (Å²) in [5.41, 5.74) is 3.80. The summed E-state index contributed by atoms with van der Waals surface area (Å²) >= 11 is 0. The summed E-state index contributed by atoms with van der Waals surface area (Å²) in [6.07, 6.45) is 0. The average molecular weight is 401 g/mol. The molecule has 1 N–H and O–H groups in total. The first-order chi connectivity index (χ1) is 12.9. The standard InChI is InChI=1S/C22H28N2O3S/c1-14(2)21(25)24-13-22(5,6)18-12-17(9-10-20(18)24)28(26,27)23-19-11-15(3)7-8-16(19)4/h7-12,14,23H,13H2,1-6H3. The maximum absolute atomic E-state index is 13.0. The van der Waals surface area contributed by atoms with Gasteiger partial charge in [-0.05, 0) is 54.8 Å². The molecule has 6 heteroatoms. The second kappa shape index (κ2) is 6.92. The van der Waals surface area contributed by atoms with E-state index < -0.39 is 10.0 Å². The van der Waals surface area contributed by atoms with Crippen LogP contribution in [-0.4, -0.2) is 20.9 Å².